The van der Waals surface area contributed by atoms with Crippen LogP contribution in [0.2, 0.25) is 0 Å². The Balaban J connectivity index is 2.10. The molecule has 1 aromatic carbocycles. The van der Waals surface area contributed by atoms with E-state index in [9.17, 15) is 4.79 Å². The molecular weight excluding hydrogens is 268 g/mol. The maximum absolute atomic E-state index is 11.8. The molecule has 2 atom stereocenters. The van der Waals surface area contributed by atoms with E-state index in [1.165, 1.54) is 0 Å². The fourth-order valence-electron chi connectivity index (χ4n) is 2.96. The fourth-order valence-corrected chi connectivity index (χ4v) is 2.96. The van der Waals surface area contributed by atoms with Crippen molar-refractivity contribution in [1.82, 2.24) is 5.32 Å². The summed E-state index contributed by atoms with van der Waals surface area (Å²) < 4.78 is 11.4. The number of methoxy groups -OCH3 is 1. The van der Waals surface area contributed by atoms with Crippen LogP contribution in [-0.4, -0.2) is 31.2 Å². The molecule has 0 bridgehead atoms. The summed E-state index contributed by atoms with van der Waals surface area (Å²) in [7, 11) is 1.63. The van der Waals surface area contributed by atoms with Crippen molar-refractivity contribution >= 4 is 5.91 Å². The number of likely N-dealkylation sites (N-methyl/N-ethyl adjacent to an activating group) is 1. The van der Waals surface area contributed by atoms with E-state index in [-0.39, 0.29) is 12.0 Å². The van der Waals surface area contributed by atoms with Gasteiger partial charge in [-0.3, -0.25) is 4.79 Å². The van der Waals surface area contributed by atoms with Gasteiger partial charge in [-0.05, 0) is 44.0 Å². The molecule has 5 heteroatoms. The zero-order chi connectivity index (χ0) is 15.5. The Labute approximate surface area is 125 Å². The molecule has 1 saturated carbocycles. The van der Waals surface area contributed by atoms with Crippen molar-refractivity contribution in [3.63, 3.8) is 0 Å². The summed E-state index contributed by atoms with van der Waals surface area (Å²) in [5.41, 5.74) is 6.04. The largest absolute Gasteiger partial charge is 0.493 e. The van der Waals surface area contributed by atoms with Gasteiger partial charge in [0.15, 0.2) is 11.5 Å². The van der Waals surface area contributed by atoms with E-state index in [2.05, 4.69) is 5.32 Å². The van der Waals surface area contributed by atoms with Gasteiger partial charge in [0, 0.05) is 6.42 Å². The van der Waals surface area contributed by atoms with Gasteiger partial charge >= 0.3 is 0 Å². The normalized spacial score (nSPS) is 24.8. The quantitative estimate of drug-likeness (QED) is 0.838. The number of amides is 1. The van der Waals surface area contributed by atoms with Crippen molar-refractivity contribution in [1.29, 1.82) is 0 Å². The lowest BCUT2D eigenvalue weighted by Gasteiger charge is -2.26. The monoisotopic (exact) mass is 292 g/mol. The Morgan fingerprint density at radius 1 is 1.48 bits per heavy atom. The maximum atomic E-state index is 11.8. The molecule has 1 amide bonds. The maximum Gasteiger partial charge on any atom is 0.237 e. The standard InChI is InChI=1S/C16H24N2O3/c1-4-18-16(15(17)19)8-7-12(10-16)21-13-6-5-11(2)9-14(13)20-3/h5-6,9,12,18H,4,7-8,10H2,1-3H3,(H2,17,19). The van der Waals surface area contributed by atoms with Crippen LogP contribution in [0.15, 0.2) is 18.2 Å². The average molecular weight is 292 g/mol. The van der Waals surface area contributed by atoms with E-state index in [1.807, 2.05) is 32.0 Å². The molecule has 0 radical (unpaired) electrons. The van der Waals surface area contributed by atoms with Gasteiger partial charge in [0.2, 0.25) is 5.91 Å². The molecule has 0 aromatic heterocycles. The minimum Gasteiger partial charge on any atom is -0.493 e. The Morgan fingerprint density at radius 2 is 2.24 bits per heavy atom. The number of nitrogens with one attached hydrogen (secondary N) is 1. The first-order valence-corrected chi connectivity index (χ1v) is 7.37. The highest BCUT2D eigenvalue weighted by Gasteiger charge is 2.44. The lowest BCUT2D eigenvalue weighted by molar-refractivity contribution is -0.124. The third kappa shape index (κ3) is 3.29. The van der Waals surface area contributed by atoms with Gasteiger partial charge in [-0.15, -0.1) is 0 Å². The van der Waals surface area contributed by atoms with Gasteiger partial charge in [0.25, 0.3) is 0 Å². The molecule has 0 heterocycles. The first kappa shape index (κ1) is 15.6. The first-order chi connectivity index (χ1) is 10.0. The summed E-state index contributed by atoms with van der Waals surface area (Å²) in [6.45, 7) is 4.69. The molecule has 1 fully saturated rings. The lowest BCUT2D eigenvalue weighted by Crippen LogP contribution is -2.54. The highest BCUT2D eigenvalue weighted by Crippen LogP contribution is 2.36. The zero-order valence-electron chi connectivity index (χ0n) is 12.9. The minimum atomic E-state index is -0.642. The number of hydrogen-bond donors (Lipinski definition) is 2. The van der Waals surface area contributed by atoms with Crippen molar-refractivity contribution < 1.29 is 14.3 Å². The number of benzene rings is 1. The first-order valence-electron chi connectivity index (χ1n) is 7.37. The van der Waals surface area contributed by atoms with Crippen LogP contribution in [-0.2, 0) is 4.79 Å². The van der Waals surface area contributed by atoms with Crippen molar-refractivity contribution in [2.45, 2.75) is 44.8 Å². The SMILES string of the molecule is CCNC1(C(N)=O)CCC(Oc2ccc(C)cc2OC)C1. The van der Waals surface area contributed by atoms with Crippen LogP contribution in [0.1, 0.15) is 31.7 Å². The molecule has 1 aromatic rings. The van der Waals surface area contributed by atoms with Crippen LogP contribution in [0.3, 0.4) is 0 Å². The number of hydrogen-bond acceptors (Lipinski definition) is 4. The minimum absolute atomic E-state index is 0.0341. The molecule has 5 nitrogen and oxygen atoms in total. The van der Waals surface area contributed by atoms with Crippen LogP contribution < -0.4 is 20.5 Å². The van der Waals surface area contributed by atoms with Crippen LogP contribution in [0.4, 0.5) is 0 Å². The van der Waals surface area contributed by atoms with Crippen molar-refractivity contribution in [3.05, 3.63) is 23.8 Å². The Morgan fingerprint density at radius 3 is 2.86 bits per heavy atom. The lowest BCUT2D eigenvalue weighted by atomic mass is 9.96. The summed E-state index contributed by atoms with van der Waals surface area (Å²) in [5, 5.41) is 3.23. The van der Waals surface area contributed by atoms with Gasteiger partial charge in [0.05, 0.1) is 7.11 Å². The predicted octanol–water partition coefficient (Wildman–Crippen LogP) is 1.77. The molecule has 2 rings (SSSR count). The highest BCUT2D eigenvalue weighted by molar-refractivity contribution is 5.85. The molecule has 2 unspecified atom stereocenters. The van der Waals surface area contributed by atoms with Crippen LogP contribution >= 0.6 is 0 Å². The number of primary amides is 1. The molecule has 116 valence electrons. The summed E-state index contributed by atoms with van der Waals surface area (Å²) in [6.07, 6.45) is 2.06. The summed E-state index contributed by atoms with van der Waals surface area (Å²) >= 11 is 0. The fraction of sp³-hybridized carbons (Fsp3) is 0.562. The predicted molar refractivity (Wildman–Crippen MR) is 81.6 cm³/mol. The molecule has 21 heavy (non-hydrogen) atoms. The third-order valence-electron chi connectivity index (χ3n) is 4.07. The molecule has 0 spiro atoms. The molecule has 0 aliphatic heterocycles. The molecule has 1 aliphatic carbocycles. The van der Waals surface area contributed by atoms with Gasteiger partial charge in [-0.1, -0.05) is 13.0 Å². The van der Waals surface area contributed by atoms with Crippen molar-refractivity contribution in [2.75, 3.05) is 13.7 Å². The van der Waals surface area contributed by atoms with Gasteiger partial charge < -0.3 is 20.5 Å². The van der Waals surface area contributed by atoms with E-state index in [0.717, 1.165) is 17.7 Å². The van der Waals surface area contributed by atoms with E-state index in [1.54, 1.807) is 7.11 Å². The number of ether oxygens (including phenoxy) is 2. The van der Waals surface area contributed by atoms with Gasteiger partial charge in [0.1, 0.15) is 11.6 Å². The topological polar surface area (TPSA) is 73.6 Å². The van der Waals surface area contributed by atoms with Crippen molar-refractivity contribution in [2.24, 2.45) is 5.73 Å². The summed E-state index contributed by atoms with van der Waals surface area (Å²) in [6, 6.07) is 5.83. The second kappa shape index (κ2) is 6.35. The smallest absolute Gasteiger partial charge is 0.237 e. The molecule has 3 N–H and O–H groups in total. The van der Waals surface area contributed by atoms with E-state index < -0.39 is 5.54 Å². The number of aryl methyl sites for hydroxylation is 1. The van der Waals surface area contributed by atoms with Crippen LogP contribution in [0, 0.1) is 6.92 Å². The van der Waals surface area contributed by atoms with Crippen LogP contribution in [0.5, 0.6) is 11.5 Å². The van der Waals surface area contributed by atoms with Gasteiger partial charge in [-0.2, -0.15) is 0 Å². The highest BCUT2D eigenvalue weighted by atomic mass is 16.5. The zero-order valence-corrected chi connectivity index (χ0v) is 12.9. The Kier molecular flexibility index (Phi) is 4.73. The van der Waals surface area contributed by atoms with Crippen LogP contribution in [0.25, 0.3) is 0 Å². The van der Waals surface area contributed by atoms with Gasteiger partial charge in [-0.25, -0.2) is 0 Å². The number of carbonyl (C=O) groups is 1. The molecule has 0 saturated heterocycles. The van der Waals surface area contributed by atoms with E-state index >= 15 is 0 Å². The van der Waals surface area contributed by atoms with E-state index in [4.69, 9.17) is 15.2 Å². The summed E-state index contributed by atoms with van der Waals surface area (Å²) in [4.78, 5) is 11.8. The summed E-state index contributed by atoms with van der Waals surface area (Å²) in [5.74, 6) is 1.13. The number of carbonyl (C=O) groups excluding carboxylic acids is 1. The van der Waals surface area contributed by atoms with E-state index in [0.29, 0.717) is 25.1 Å². The second-order valence-corrected chi connectivity index (χ2v) is 5.61. The molecular formula is C16H24N2O3. The third-order valence-corrected chi connectivity index (χ3v) is 4.07. The Bertz CT molecular complexity index is 518. The number of nitrogens with two attached hydrogens (primary N) is 1. The second-order valence-electron chi connectivity index (χ2n) is 5.61. The number of rotatable bonds is 6. The molecule has 1 aliphatic rings. The van der Waals surface area contributed by atoms with Crippen molar-refractivity contribution in [3.8, 4) is 11.5 Å². The Hall–Kier alpha value is -1.75. The average Bonchev–Trinajstić information content (AvgIpc) is 2.86.